The minimum Gasteiger partial charge on any atom is -0.399 e. The van der Waals surface area contributed by atoms with Gasteiger partial charge in [0.05, 0.1) is 0 Å². The summed E-state index contributed by atoms with van der Waals surface area (Å²) in [5.74, 6) is 0.345. The number of nitrogens with zero attached hydrogens (tertiary/aromatic N) is 1. The van der Waals surface area contributed by atoms with Crippen LogP contribution in [0.4, 0.5) is 5.69 Å². The van der Waals surface area contributed by atoms with Crippen LogP contribution >= 0.6 is 0 Å². The number of nitrogen functional groups attached to an aromatic ring is 1. The first-order chi connectivity index (χ1) is 10.1. The average molecular weight is 289 g/mol. The highest BCUT2D eigenvalue weighted by molar-refractivity contribution is 5.76. The zero-order chi connectivity index (χ0) is 15.2. The third-order valence-electron chi connectivity index (χ3n) is 4.36. The van der Waals surface area contributed by atoms with Crippen molar-refractivity contribution < 1.29 is 4.79 Å². The normalized spacial score (nSPS) is 18.4. The molecule has 0 aliphatic carbocycles. The van der Waals surface area contributed by atoms with Gasteiger partial charge in [-0.05, 0) is 56.5 Å². The smallest absolute Gasteiger partial charge is 0.220 e. The number of anilines is 1. The number of hydrogen-bond acceptors (Lipinski definition) is 3. The van der Waals surface area contributed by atoms with Gasteiger partial charge < -0.3 is 11.1 Å². The van der Waals surface area contributed by atoms with Crippen molar-refractivity contribution in [1.82, 2.24) is 10.2 Å². The standard InChI is InChI=1S/C17H27N3O/c1-13(15-5-7-16(18)8-6-15)11-17(21)19-12-14(2)20-9-3-4-10-20/h5-8,13-14H,3-4,9-12,18H2,1-2H3,(H,19,21). The van der Waals surface area contributed by atoms with Gasteiger partial charge in [-0.25, -0.2) is 0 Å². The van der Waals surface area contributed by atoms with E-state index >= 15 is 0 Å². The Bertz CT molecular complexity index is 452. The monoisotopic (exact) mass is 289 g/mol. The molecule has 1 aliphatic heterocycles. The molecule has 1 heterocycles. The SMILES string of the molecule is CC(CC(=O)NCC(C)N1CCCC1)c1ccc(N)cc1. The maximum absolute atomic E-state index is 12.1. The molecule has 1 aliphatic rings. The molecular weight excluding hydrogens is 262 g/mol. The first-order valence-electron chi connectivity index (χ1n) is 7.92. The Morgan fingerprint density at radius 2 is 1.86 bits per heavy atom. The maximum Gasteiger partial charge on any atom is 0.220 e. The van der Waals surface area contributed by atoms with E-state index in [2.05, 4.69) is 24.1 Å². The van der Waals surface area contributed by atoms with Crippen LogP contribution in [0.25, 0.3) is 0 Å². The number of likely N-dealkylation sites (tertiary alicyclic amines) is 1. The van der Waals surface area contributed by atoms with Gasteiger partial charge in [0.2, 0.25) is 5.91 Å². The van der Waals surface area contributed by atoms with Crippen molar-refractivity contribution in [2.24, 2.45) is 0 Å². The molecule has 1 fully saturated rings. The van der Waals surface area contributed by atoms with E-state index in [0.717, 1.165) is 17.8 Å². The van der Waals surface area contributed by atoms with E-state index in [1.54, 1.807) is 0 Å². The third-order valence-corrected chi connectivity index (χ3v) is 4.36. The summed E-state index contributed by atoms with van der Waals surface area (Å²) < 4.78 is 0. The molecule has 1 aromatic carbocycles. The molecule has 0 aromatic heterocycles. The summed E-state index contributed by atoms with van der Waals surface area (Å²) in [6, 6.07) is 8.21. The summed E-state index contributed by atoms with van der Waals surface area (Å²) in [5.41, 5.74) is 7.60. The van der Waals surface area contributed by atoms with Gasteiger partial charge in [-0.2, -0.15) is 0 Å². The van der Waals surface area contributed by atoms with Crippen LogP contribution in [-0.4, -0.2) is 36.5 Å². The molecule has 2 atom stereocenters. The van der Waals surface area contributed by atoms with Crippen molar-refractivity contribution in [1.29, 1.82) is 0 Å². The van der Waals surface area contributed by atoms with Gasteiger partial charge in [-0.15, -0.1) is 0 Å². The Labute approximate surface area is 127 Å². The molecule has 116 valence electrons. The number of amides is 1. The zero-order valence-corrected chi connectivity index (χ0v) is 13.1. The van der Waals surface area contributed by atoms with Crippen molar-refractivity contribution in [3.63, 3.8) is 0 Å². The van der Waals surface area contributed by atoms with E-state index < -0.39 is 0 Å². The van der Waals surface area contributed by atoms with Crippen LogP contribution in [0.1, 0.15) is 44.6 Å². The van der Waals surface area contributed by atoms with E-state index in [1.807, 2.05) is 24.3 Å². The van der Waals surface area contributed by atoms with Crippen LogP contribution in [0.15, 0.2) is 24.3 Å². The van der Waals surface area contributed by atoms with Gasteiger partial charge in [-0.1, -0.05) is 19.1 Å². The summed E-state index contributed by atoms with van der Waals surface area (Å²) in [5, 5.41) is 3.07. The molecular formula is C17H27N3O. The van der Waals surface area contributed by atoms with Crippen molar-refractivity contribution in [3.05, 3.63) is 29.8 Å². The molecule has 0 bridgehead atoms. The quantitative estimate of drug-likeness (QED) is 0.790. The lowest BCUT2D eigenvalue weighted by Crippen LogP contribution is -2.40. The van der Waals surface area contributed by atoms with Crippen LogP contribution in [0.5, 0.6) is 0 Å². The lowest BCUT2D eigenvalue weighted by atomic mass is 9.97. The van der Waals surface area contributed by atoms with Gasteiger partial charge in [0.25, 0.3) is 0 Å². The fourth-order valence-electron chi connectivity index (χ4n) is 2.87. The molecule has 1 aromatic rings. The Morgan fingerprint density at radius 1 is 1.24 bits per heavy atom. The van der Waals surface area contributed by atoms with E-state index in [9.17, 15) is 4.79 Å². The summed E-state index contributed by atoms with van der Waals surface area (Å²) in [4.78, 5) is 14.5. The molecule has 1 saturated heterocycles. The lowest BCUT2D eigenvalue weighted by Gasteiger charge is -2.24. The molecule has 2 rings (SSSR count). The fraction of sp³-hybridized carbons (Fsp3) is 0.588. The average Bonchev–Trinajstić information content (AvgIpc) is 2.99. The number of nitrogens with two attached hydrogens (primary N) is 1. The second-order valence-corrected chi connectivity index (χ2v) is 6.17. The predicted octanol–water partition coefficient (Wildman–Crippen LogP) is 2.36. The van der Waals surface area contributed by atoms with Crippen LogP contribution in [0, 0.1) is 0 Å². The second kappa shape index (κ2) is 7.46. The number of benzene rings is 1. The van der Waals surface area contributed by atoms with E-state index in [4.69, 9.17) is 5.73 Å². The second-order valence-electron chi connectivity index (χ2n) is 6.17. The first-order valence-corrected chi connectivity index (χ1v) is 7.92. The zero-order valence-electron chi connectivity index (χ0n) is 13.1. The molecule has 4 heteroatoms. The Balaban J connectivity index is 1.74. The lowest BCUT2D eigenvalue weighted by molar-refractivity contribution is -0.121. The van der Waals surface area contributed by atoms with Crippen molar-refractivity contribution in [2.75, 3.05) is 25.4 Å². The summed E-state index contributed by atoms with van der Waals surface area (Å²) >= 11 is 0. The number of nitrogens with one attached hydrogen (secondary N) is 1. The summed E-state index contributed by atoms with van der Waals surface area (Å²) in [6.07, 6.45) is 3.09. The molecule has 21 heavy (non-hydrogen) atoms. The number of carbonyl (C=O) groups is 1. The minimum atomic E-state index is 0.130. The number of rotatable bonds is 6. The highest BCUT2D eigenvalue weighted by Crippen LogP contribution is 2.20. The van der Waals surface area contributed by atoms with Crippen LogP contribution in [0.2, 0.25) is 0 Å². The fourth-order valence-corrected chi connectivity index (χ4v) is 2.87. The van der Waals surface area contributed by atoms with Crippen LogP contribution < -0.4 is 11.1 Å². The van der Waals surface area contributed by atoms with Gasteiger partial charge in [-0.3, -0.25) is 9.69 Å². The molecule has 1 amide bonds. The summed E-state index contributed by atoms with van der Waals surface area (Å²) in [6.45, 7) is 7.34. The molecule has 4 nitrogen and oxygen atoms in total. The van der Waals surface area contributed by atoms with E-state index in [1.165, 1.54) is 25.9 Å². The largest absolute Gasteiger partial charge is 0.399 e. The van der Waals surface area contributed by atoms with E-state index in [0.29, 0.717) is 12.5 Å². The van der Waals surface area contributed by atoms with E-state index in [-0.39, 0.29) is 11.8 Å². The van der Waals surface area contributed by atoms with Gasteiger partial charge >= 0.3 is 0 Å². The highest BCUT2D eigenvalue weighted by atomic mass is 16.1. The molecule has 0 saturated carbocycles. The van der Waals surface area contributed by atoms with Crippen molar-refractivity contribution in [2.45, 2.75) is 45.1 Å². The highest BCUT2D eigenvalue weighted by Gasteiger charge is 2.19. The number of carbonyl (C=O) groups excluding carboxylic acids is 1. The Kier molecular flexibility index (Phi) is 5.62. The van der Waals surface area contributed by atoms with Crippen LogP contribution in [0.3, 0.4) is 0 Å². The first kappa shape index (κ1) is 15.8. The molecule has 3 N–H and O–H groups in total. The Morgan fingerprint density at radius 3 is 2.48 bits per heavy atom. The number of hydrogen-bond donors (Lipinski definition) is 2. The van der Waals surface area contributed by atoms with Gasteiger partial charge in [0.15, 0.2) is 0 Å². The topological polar surface area (TPSA) is 58.4 Å². The van der Waals surface area contributed by atoms with Gasteiger partial charge in [0.1, 0.15) is 0 Å². The van der Waals surface area contributed by atoms with Crippen LogP contribution in [-0.2, 0) is 4.79 Å². The van der Waals surface area contributed by atoms with Gasteiger partial charge in [0, 0.05) is 24.7 Å². The predicted molar refractivity (Wildman–Crippen MR) is 87.2 cm³/mol. The minimum absolute atomic E-state index is 0.130. The van der Waals surface area contributed by atoms with Crippen molar-refractivity contribution in [3.8, 4) is 0 Å². The maximum atomic E-state index is 12.1. The van der Waals surface area contributed by atoms with Crippen molar-refractivity contribution >= 4 is 11.6 Å². The summed E-state index contributed by atoms with van der Waals surface area (Å²) in [7, 11) is 0. The molecule has 0 radical (unpaired) electrons. The third kappa shape index (κ3) is 4.74. The molecule has 2 unspecified atom stereocenters. The Hall–Kier alpha value is -1.55. The molecule has 0 spiro atoms.